The predicted octanol–water partition coefficient (Wildman–Crippen LogP) is 2.58. The monoisotopic (exact) mass is 236 g/mol. The second-order valence-electron chi connectivity index (χ2n) is 3.40. The molecule has 17 heavy (non-hydrogen) atoms. The van der Waals surface area contributed by atoms with E-state index in [9.17, 15) is 4.79 Å². The van der Waals surface area contributed by atoms with E-state index in [-0.39, 0.29) is 0 Å². The molecule has 0 heterocycles. The Morgan fingerprint density at radius 2 is 2.24 bits per heavy atom. The molecule has 1 rings (SSSR count). The fraction of sp³-hybridized carbons (Fsp3) is 0.308. The van der Waals surface area contributed by atoms with Gasteiger partial charge in [0.2, 0.25) is 0 Å². The Hall–Kier alpha value is -1.97. The molecular formula is C13H16O4. The summed E-state index contributed by atoms with van der Waals surface area (Å²) in [5.41, 5.74) is 0.695. The molecule has 0 aliphatic heterocycles. The lowest BCUT2D eigenvalue weighted by atomic mass is 10.1. The summed E-state index contributed by atoms with van der Waals surface area (Å²) in [4.78, 5) is 10.5. The van der Waals surface area contributed by atoms with Gasteiger partial charge in [-0.2, -0.15) is 0 Å². The summed E-state index contributed by atoms with van der Waals surface area (Å²) in [6, 6.07) is 5.36. The van der Waals surface area contributed by atoms with E-state index in [1.807, 2.05) is 6.92 Å². The minimum atomic E-state index is -0.991. The Labute approximate surface area is 100 Å². The van der Waals surface area contributed by atoms with E-state index in [0.29, 0.717) is 23.7 Å². The van der Waals surface area contributed by atoms with Crippen molar-refractivity contribution in [2.75, 3.05) is 13.7 Å². The number of ether oxygens (including phenoxy) is 2. The molecule has 0 bridgehead atoms. The van der Waals surface area contributed by atoms with Crippen LogP contribution in [-0.4, -0.2) is 24.8 Å². The maximum atomic E-state index is 10.5. The molecule has 1 N–H and O–H groups in total. The molecule has 1 aromatic carbocycles. The minimum Gasteiger partial charge on any atom is -0.493 e. The van der Waals surface area contributed by atoms with Gasteiger partial charge in [0, 0.05) is 11.6 Å². The molecule has 0 atom stereocenters. The van der Waals surface area contributed by atoms with Gasteiger partial charge in [-0.1, -0.05) is 19.1 Å². The number of benzene rings is 1. The van der Waals surface area contributed by atoms with Crippen molar-refractivity contribution in [1.82, 2.24) is 0 Å². The van der Waals surface area contributed by atoms with Crippen LogP contribution in [0.1, 0.15) is 18.9 Å². The molecule has 0 fully saturated rings. The van der Waals surface area contributed by atoms with Crippen LogP contribution >= 0.6 is 0 Å². The number of methoxy groups -OCH3 is 1. The quantitative estimate of drug-likeness (QED) is 0.771. The minimum absolute atomic E-state index is 0.564. The van der Waals surface area contributed by atoms with E-state index >= 15 is 0 Å². The standard InChI is InChI=1S/C13H16O4/c1-3-9-17-13-10(7-8-12(14)15)5-4-6-11(13)16-2/h4-8H,3,9H2,1-2H3,(H,14,15)/b8-7+. The van der Waals surface area contributed by atoms with Crippen LogP contribution in [0.3, 0.4) is 0 Å². The van der Waals surface area contributed by atoms with E-state index < -0.39 is 5.97 Å². The van der Waals surface area contributed by atoms with Gasteiger partial charge in [0.15, 0.2) is 11.5 Å². The zero-order valence-corrected chi connectivity index (χ0v) is 9.97. The molecule has 4 heteroatoms. The second-order valence-corrected chi connectivity index (χ2v) is 3.40. The summed E-state index contributed by atoms with van der Waals surface area (Å²) in [7, 11) is 1.55. The predicted molar refractivity (Wildman–Crippen MR) is 65.4 cm³/mol. The van der Waals surface area contributed by atoms with Gasteiger partial charge in [-0.05, 0) is 18.6 Å². The molecule has 0 unspecified atom stereocenters. The highest BCUT2D eigenvalue weighted by atomic mass is 16.5. The van der Waals surface area contributed by atoms with Gasteiger partial charge in [-0.25, -0.2) is 4.79 Å². The van der Waals surface area contributed by atoms with Crippen molar-refractivity contribution in [3.8, 4) is 11.5 Å². The van der Waals surface area contributed by atoms with E-state index in [4.69, 9.17) is 14.6 Å². The summed E-state index contributed by atoms with van der Waals surface area (Å²) in [6.45, 7) is 2.57. The van der Waals surface area contributed by atoms with Crippen LogP contribution in [0.5, 0.6) is 11.5 Å². The second kappa shape index (κ2) is 6.58. The number of carbonyl (C=O) groups is 1. The number of rotatable bonds is 6. The molecule has 0 aromatic heterocycles. The molecule has 0 aliphatic carbocycles. The topological polar surface area (TPSA) is 55.8 Å². The first-order chi connectivity index (χ1) is 8.19. The molecule has 0 radical (unpaired) electrons. The van der Waals surface area contributed by atoms with Gasteiger partial charge in [0.05, 0.1) is 13.7 Å². The van der Waals surface area contributed by atoms with Crippen LogP contribution in [0.15, 0.2) is 24.3 Å². The van der Waals surface area contributed by atoms with Crippen molar-refractivity contribution in [3.63, 3.8) is 0 Å². The van der Waals surface area contributed by atoms with Crippen LogP contribution in [0.25, 0.3) is 6.08 Å². The lowest BCUT2D eigenvalue weighted by molar-refractivity contribution is -0.131. The average Bonchev–Trinajstić information content (AvgIpc) is 2.33. The highest BCUT2D eigenvalue weighted by molar-refractivity contribution is 5.86. The molecule has 0 spiro atoms. The first-order valence-electron chi connectivity index (χ1n) is 5.39. The van der Waals surface area contributed by atoms with Crippen molar-refractivity contribution in [3.05, 3.63) is 29.8 Å². The van der Waals surface area contributed by atoms with Gasteiger partial charge in [-0.3, -0.25) is 0 Å². The molecule has 0 amide bonds. The average molecular weight is 236 g/mol. The SMILES string of the molecule is CCCOc1c(/C=C/C(=O)O)cccc1OC. The fourth-order valence-corrected chi connectivity index (χ4v) is 1.34. The molecule has 0 aliphatic rings. The Morgan fingerprint density at radius 3 is 2.82 bits per heavy atom. The third kappa shape index (κ3) is 3.83. The highest BCUT2D eigenvalue weighted by Crippen LogP contribution is 2.32. The van der Waals surface area contributed by atoms with Gasteiger partial charge < -0.3 is 14.6 Å². The zero-order valence-electron chi connectivity index (χ0n) is 9.97. The van der Waals surface area contributed by atoms with Crippen LogP contribution in [-0.2, 0) is 4.79 Å². The van der Waals surface area contributed by atoms with Crippen molar-refractivity contribution < 1.29 is 19.4 Å². The maximum Gasteiger partial charge on any atom is 0.328 e. The van der Waals surface area contributed by atoms with E-state index in [0.717, 1.165) is 12.5 Å². The molecule has 0 saturated heterocycles. The number of aliphatic carboxylic acids is 1. The number of carboxylic acid groups (broad SMARTS) is 1. The summed E-state index contributed by atoms with van der Waals surface area (Å²) in [5.74, 6) is 0.189. The van der Waals surface area contributed by atoms with Crippen molar-refractivity contribution in [2.24, 2.45) is 0 Å². The van der Waals surface area contributed by atoms with Gasteiger partial charge in [-0.15, -0.1) is 0 Å². The van der Waals surface area contributed by atoms with Gasteiger partial charge in [0.1, 0.15) is 0 Å². The number of hydrogen-bond acceptors (Lipinski definition) is 3. The number of para-hydroxylation sites is 1. The largest absolute Gasteiger partial charge is 0.493 e. The van der Waals surface area contributed by atoms with E-state index in [1.54, 1.807) is 25.3 Å². The first kappa shape index (κ1) is 13.1. The van der Waals surface area contributed by atoms with E-state index in [1.165, 1.54) is 6.08 Å². The Bertz CT molecular complexity index is 410. The van der Waals surface area contributed by atoms with E-state index in [2.05, 4.69) is 0 Å². The van der Waals surface area contributed by atoms with Gasteiger partial charge in [0.25, 0.3) is 0 Å². The summed E-state index contributed by atoms with van der Waals surface area (Å²) in [5, 5.41) is 8.61. The van der Waals surface area contributed by atoms with Crippen LogP contribution in [0, 0.1) is 0 Å². The fourth-order valence-electron chi connectivity index (χ4n) is 1.34. The van der Waals surface area contributed by atoms with Crippen LogP contribution in [0.4, 0.5) is 0 Å². The summed E-state index contributed by atoms with van der Waals surface area (Å²) >= 11 is 0. The van der Waals surface area contributed by atoms with Gasteiger partial charge >= 0.3 is 5.97 Å². The first-order valence-corrected chi connectivity index (χ1v) is 5.39. The molecular weight excluding hydrogens is 220 g/mol. The molecule has 1 aromatic rings. The third-order valence-electron chi connectivity index (χ3n) is 2.09. The highest BCUT2D eigenvalue weighted by Gasteiger charge is 2.08. The smallest absolute Gasteiger partial charge is 0.328 e. The summed E-state index contributed by atoms with van der Waals surface area (Å²) in [6.07, 6.45) is 3.45. The maximum absolute atomic E-state index is 10.5. The van der Waals surface area contributed by atoms with Crippen molar-refractivity contribution >= 4 is 12.0 Å². The Balaban J connectivity index is 3.05. The molecule has 0 saturated carbocycles. The third-order valence-corrected chi connectivity index (χ3v) is 2.09. The normalized spacial score (nSPS) is 10.5. The number of carboxylic acids is 1. The molecule has 4 nitrogen and oxygen atoms in total. The Kier molecular flexibility index (Phi) is 5.07. The number of hydrogen-bond donors (Lipinski definition) is 1. The van der Waals surface area contributed by atoms with Crippen LogP contribution < -0.4 is 9.47 Å². The lowest BCUT2D eigenvalue weighted by Gasteiger charge is -2.12. The zero-order chi connectivity index (χ0) is 12.7. The summed E-state index contributed by atoms with van der Waals surface area (Å²) < 4.78 is 10.8. The Morgan fingerprint density at radius 1 is 1.47 bits per heavy atom. The van der Waals surface area contributed by atoms with Crippen molar-refractivity contribution in [1.29, 1.82) is 0 Å². The van der Waals surface area contributed by atoms with Crippen molar-refractivity contribution in [2.45, 2.75) is 13.3 Å². The van der Waals surface area contributed by atoms with Crippen LogP contribution in [0.2, 0.25) is 0 Å². The lowest BCUT2D eigenvalue weighted by Crippen LogP contribution is -1.99. The molecule has 92 valence electrons.